The van der Waals surface area contributed by atoms with Crippen LogP contribution in [0.25, 0.3) is 0 Å². The van der Waals surface area contributed by atoms with Crippen molar-refractivity contribution < 1.29 is 4.79 Å². The summed E-state index contributed by atoms with van der Waals surface area (Å²) in [5.41, 5.74) is 2.24. The maximum absolute atomic E-state index is 11.5. The van der Waals surface area contributed by atoms with Crippen LogP contribution in [0.1, 0.15) is 21.7 Å². The standard InChI is InChI=1S/C12H13BrN4O/c1-8-11(12(18)14-2)15-16-17(8)7-9-3-5-10(13)6-4-9/h3-6H,7H2,1-2H3,(H,14,18). The molecule has 18 heavy (non-hydrogen) atoms. The van der Waals surface area contributed by atoms with E-state index in [1.807, 2.05) is 31.2 Å². The third kappa shape index (κ3) is 2.59. The maximum atomic E-state index is 11.5. The predicted octanol–water partition coefficient (Wildman–Crippen LogP) is 1.76. The van der Waals surface area contributed by atoms with E-state index in [1.165, 1.54) is 0 Å². The monoisotopic (exact) mass is 308 g/mol. The fraction of sp³-hybridized carbons (Fsp3) is 0.250. The Labute approximate surface area is 113 Å². The number of amides is 1. The normalized spacial score (nSPS) is 10.4. The van der Waals surface area contributed by atoms with Crippen molar-refractivity contribution in [1.29, 1.82) is 0 Å². The fourth-order valence-corrected chi connectivity index (χ4v) is 1.87. The van der Waals surface area contributed by atoms with E-state index in [2.05, 4.69) is 31.6 Å². The van der Waals surface area contributed by atoms with E-state index in [0.717, 1.165) is 15.7 Å². The van der Waals surface area contributed by atoms with Gasteiger partial charge in [0.25, 0.3) is 5.91 Å². The van der Waals surface area contributed by atoms with Crippen molar-refractivity contribution in [3.63, 3.8) is 0 Å². The van der Waals surface area contributed by atoms with Crippen molar-refractivity contribution in [2.24, 2.45) is 0 Å². The summed E-state index contributed by atoms with van der Waals surface area (Å²) in [6, 6.07) is 7.96. The largest absolute Gasteiger partial charge is 0.354 e. The lowest BCUT2D eigenvalue weighted by molar-refractivity contribution is 0.0957. The lowest BCUT2D eigenvalue weighted by Crippen LogP contribution is -2.19. The Hall–Kier alpha value is -1.69. The van der Waals surface area contributed by atoms with Crippen LogP contribution in [0.3, 0.4) is 0 Å². The Kier molecular flexibility index (Phi) is 3.76. The number of carbonyl (C=O) groups excluding carboxylic acids is 1. The van der Waals surface area contributed by atoms with Crippen molar-refractivity contribution in [2.45, 2.75) is 13.5 Å². The van der Waals surface area contributed by atoms with Gasteiger partial charge in [-0.1, -0.05) is 33.3 Å². The molecular weight excluding hydrogens is 296 g/mol. The quantitative estimate of drug-likeness (QED) is 0.940. The molecule has 0 spiro atoms. The second-order valence-electron chi connectivity index (χ2n) is 3.89. The van der Waals surface area contributed by atoms with Crippen LogP contribution in [-0.4, -0.2) is 27.9 Å². The molecule has 0 saturated heterocycles. The van der Waals surface area contributed by atoms with Crippen LogP contribution in [0.2, 0.25) is 0 Å². The fourth-order valence-electron chi connectivity index (χ4n) is 1.60. The van der Waals surface area contributed by atoms with Gasteiger partial charge in [-0.15, -0.1) is 5.10 Å². The second kappa shape index (κ2) is 5.30. The Bertz CT molecular complexity index is 562. The second-order valence-corrected chi connectivity index (χ2v) is 4.80. The number of halogens is 1. The molecule has 2 aromatic rings. The maximum Gasteiger partial charge on any atom is 0.273 e. The third-order valence-electron chi connectivity index (χ3n) is 2.67. The van der Waals surface area contributed by atoms with E-state index in [4.69, 9.17) is 0 Å². The molecule has 0 aliphatic heterocycles. The highest BCUT2D eigenvalue weighted by Crippen LogP contribution is 2.12. The summed E-state index contributed by atoms with van der Waals surface area (Å²) in [6.45, 7) is 2.44. The molecule has 0 atom stereocenters. The van der Waals surface area contributed by atoms with Crippen molar-refractivity contribution in [3.8, 4) is 0 Å². The van der Waals surface area contributed by atoms with Crippen LogP contribution in [0, 0.1) is 6.92 Å². The molecule has 1 heterocycles. The zero-order valence-corrected chi connectivity index (χ0v) is 11.7. The van der Waals surface area contributed by atoms with Gasteiger partial charge in [-0.2, -0.15) is 0 Å². The van der Waals surface area contributed by atoms with E-state index < -0.39 is 0 Å². The van der Waals surface area contributed by atoms with Crippen LogP contribution in [0.5, 0.6) is 0 Å². The molecule has 1 N–H and O–H groups in total. The van der Waals surface area contributed by atoms with Crippen molar-refractivity contribution in [2.75, 3.05) is 7.05 Å². The highest BCUT2D eigenvalue weighted by molar-refractivity contribution is 9.10. The van der Waals surface area contributed by atoms with Gasteiger partial charge >= 0.3 is 0 Å². The zero-order chi connectivity index (χ0) is 13.1. The number of nitrogens with one attached hydrogen (secondary N) is 1. The summed E-state index contributed by atoms with van der Waals surface area (Å²) in [5.74, 6) is -0.213. The van der Waals surface area contributed by atoms with Crippen LogP contribution in [-0.2, 0) is 6.54 Å². The number of carbonyl (C=O) groups is 1. The molecule has 0 saturated carbocycles. The summed E-state index contributed by atoms with van der Waals surface area (Å²) in [5, 5.41) is 10.4. The van der Waals surface area contributed by atoms with Crippen LogP contribution in [0.15, 0.2) is 28.7 Å². The third-order valence-corrected chi connectivity index (χ3v) is 3.20. The molecule has 5 nitrogen and oxygen atoms in total. The first kappa shape index (κ1) is 12.8. The van der Waals surface area contributed by atoms with E-state index in [1.54, 1.807) is 11.7 Å². The van der Waals surface area contributed by atoms with E-state index >= 15 is 0 Å². The summed E-state index contributed by atoms with van der Waals surface area (Å²) in [7, 11) is 1.58. The number of aromatic nitrogens is 3. The minimum atomic E-state index is -0.213. The molecule has 0 unspecified atom stereocenters. The van der Waals surface area contributed by atoms with Gasteiger partial charge in [0.15, 0.2) is 5.69 Å². The first-order valence-electron chi connectivity index (χ1n) is 5.48. The van der Waals surface area contributed by atoms with E-state index in [-0.39, 0.29) is 5.91 Å². The molecule has 0 fully saturated rings. The smallest absolute Gasteiger partial charge is 0.273 e. The van der Waals surface area contributed by atoms with Gasteiger partial charge in [0.1, 0.15) is 0 Å². The molecule has 0 aliphatic rings. The molecule has 0 bridgehead atoms. The van der Waals surface area contributed by atoms with Gasteiger partial charge in [-0.05, 0) is 24.6 Å². The Balaban J connectivity index is 2.22. The SMILES string of the molecule is CNC(=O)c1nnn(Cc2ccc(Br)cc2)c1C. The summed E-state index contributed by atoms with van der Waals surface area (Å²) in [6.07, 6.45) is 0. The summed E-state index contributed by atoms with van der Waals surface area (Å²) >= 11 is 3.39. The molecule has 94 valence electrons. The summed E-state index contributed by atoms with van der Waals surface area (Å²) < 4.78 is 2.75. The minimum absolute atomic E-state index is 0.213. The van der Waals surface area contributed by atoms with Crippen molar-refractivity contribution >= 4 is 21.8 Å². The Morgan fingerprint density at radius 3 is 2.67 bits per heavy atom. The highest BCUT2D eigenvalue weighted by Gasteiger charge is 2.14. The molecule has 6 heteroatoms. The average Bonchev–Trinajstić information content (AvgIpc) is 2.73. The zero-order valence-electron chi connectivity index (χ0n) is 10.1. The average molecular weight is 309 g/mol. The van der Waals surface area contributed by atoms with E-state index in [9.17, 15) is 4.79 Å². The molecule has 1 aromatic heterocycles. The minimum Gasteiger partial charge on any atom is -0.354 e. The van der Waals surface area contributed by atoms with Crippen LogP contribution >= 0.6 is 15.9 Å². The van der Waals surface area contributed by atoms with E-state index in [0.29, 0.717) is 12.2 Å². The number of hydrogen-bond acceptors (Lipinski definition) is 3. The van der Waals surface area contributed by atoms with Gasteiger partial charge in [0.05, 0.1) is 12.2 Å². The highest BCUT2D eigenvalue weighted by atomic mass is 79.9. The van der Waals surface area contributed by atoms with Gasteiger partial charge in [0.2, 0.25) is 0 Å². The molecule has 0 aliphatic carbocycles. The Morgan fingerprint density at radius 1 is 1.39 bits per heavy atom. The topological polar surface area (TPSA) is 59.8 Å². The number of rotatable bonds is 3. The summed E-state index contributed by atoms with van der Waals surface area (Å²) in [4.78, 5) is 11.5. The van der Waals surface area contributed by atoms with Gasteiger partial charge < -0.3 is 5.32 Å². The number of benzene rings is 1. The van der Waals surface area contributed by atoms with Gasteiger partial charge in [-0.25, -0.2) is 4.68 Å². The lowest BCUT2D eigenvalue weighted by Gasteiger charge is -2.04. The van der Waals surface area contributed by atoms with Gasteiger partial charge in [0, 0.05) is 11.5 Å². The van der Waals surface area contributed by atoms with Crippen LogP contribution in [0.4, 0.5) is 0 Å². The molecule has 0 radical (unpaired) electrons. The number of nitrogens with zero attached hydrogens (tertiary/aromatic N) is 3. The van der Waals surface area contributed by atoms with Crippen LogP contribution < -0.4 is 5.32 Å². The Morgan fingerprint density at radius 2 is 2.06 bits per heavy atom. The molecular formula is C12H13BrN4O. The van der Waals surface area contributed by atoms with Gasteiger partial charge in [-0.3, -0.25) is 4.79 Å². The van der Waals surface area contributed by atoms with Crippen molar-refractivity contribution in [3.05, 3.63) is 45.7 Å². The van der Waals surface area contributed by atoms with Crippen molar-refractivity contribution in [1.82, 2.24) is 20.3 Å². The molecule has 1 amide bonds. The lowest BCUT2D eigenvalue weighted by atomic mass is 10.2. The molecule has 2 rings (SSSR count). The molecule has 1 aromatic carbocycles. The first-order valence-corrected chi connectivity index (χ1v) is 6.27. The number of hydrogen-bond donors (Lipinski definition) is 1. The first-order chi connectivity index (χ1) is 8.61. The predicted molar refractivity (Wildman–Crippen MR) is 71.4 cm³/mol.